The standard InChI is InChI=1S/C18H30O.C15H24O/c1-2-3-4-5-6-7-8-9-10-11-14-17-15-12-13-16-18(17)19;1-2-3-4-5-6-7-8-11-14-12-9-10-13-15(14)16/h12-13,15-16,19H,2-11,14H2,1H3;9-10,12-13,16H,2-8,11H2,1H3. The van der Waals surface area contributed by atoms with Crippen LogP contribution in [0.25, 0.3) is 0 Å². The Morgan fingerprint density at radius 1 is 0.400 bits per heavy atom. The van der Waals surface area contributed by atoms with E-state index in [1.807, 2.05) is 36.4 Å². The highest BCUT2D eigenvalue weighted by Crippen LogP contribution is 2.20. The van der Waals surface area contributed by atoms with Crippen LogP contribution in [-0.4, -0.2) is 10.2 Å². The van der Waals surface area contributed by atoms with Crippen LogP contribution < -0.4 is 0 Å². The number of aromatic hydroxyl groups is 2. The van der Waals surface area contributed by atoms with Gasteiger partial charge in [0, 0.05) is 0 Å². The van der Waals surface area contributed by atoms with Gasteiger partial charge in [-0.25, -0.2) is 0 Å². The van der Waals surface area contributed by atoms with Crippen molar-refractivity contribution >= 4 is 0 Å². The molecule has 0 spiro atoms. The number of phenolic OH excluding ortho intramolecular Hbond substituents is 2. The third-order valence-electron chi connectivity index (χ3n) is 6.83. The van der Waals surface area contributed by atoms with Gasteiger partial charge in [-0.3, -0.25) is 0 Å². The minimum atomic E-state index is 0.452. The van der Waals surface area contributed by atoms with Crippen LogP contribution in [0.5, 0.6) is 11.5 Å². The first-order valence-corrected chi connectivity index (χ1v) is 14.7. The van der Waals surface area contributed by atoms with Crippen molar-refractivity contribution < 1.29 is 10.2 Å². The number of phenols is 2. The smallest absolute Gasteiger partial charge is 0.118 e. The van der Waals surface area contributed by atoms with Gasteiger partial charge in [-0.2, -0.15) is 0 Å². The molecule has 0 heterocycles. The van der Waals surface area contributed by atoms with E-state index in [1.165, 1.54) is 109 Å². The van der Waals surface area contributed by atoms with Crippen molar-refractivity contribution in [2.24, 2.45) is 0 Å². The lowest BCUT2D eigenvalue weighted by Gasteiger charge is -2.04. The van der Waals surface area contributed by atoms with E-state index in [9.17, 15) is 10.2 Å². The Hall–Kier alpha value is -1.96. The maximum absolute atomic E-state index is 9.65. The molecular weight excluding hydrogens is 428 g/mol. The fourth-order valence-corrected chi connectivity index (χ4v) is 4.52. The van der Waals surface area contributed by atoms with E-state index in [2.05, 4.69) is 13.8 Å². The summed E-state index contributed by atoms with van der Waals surface area (Å²) < 4.78 is 0. The lowest BCUT2D eigenvalue weighted by atomic mass is 10.0. The van der Waals surface area contributed by atoms with Crippen LogP contribution in [0.3, 0.4) is 0 Å². The summed E-state index contributed by atoms with van der Waals surface area (Å²) in [5.74, 6) is 0.909. The molecule has 0 fully saturated rings. The van der Waals surface area contributed by atoms with Crippen LogP contribution in [0.1, 0.15) is 134 Å². The predicted molar refractivity (Wildman–Crippen MR) is 153 cm³/mol. The number of hydrogen-bond acceptors (Lipinski definition) is 2. The largest absolute Gasteiger partial charge is 0.508 e. The Labute approximate surface area is 217 Å². The summed E-state index contributed by atoms with van der Waals surface area (Å²) in [5, 5.41) is 19.2. The van der Waals surface area contributed by atoms with Crippen molar-refractivity contribution in [1.29, 1.82) is 0 Å². The number of hydrogen-bond donors (Lipinski definition) is 2. The number of rotatable bonds is 19. The lowest BCUT2D eigenvalue weighted by Crippen LogP contribution is -1.87. The summed E-state index contributed by atoms with van der Waals surface area (Å²) in [7, 11) is 0. The zero-order valence-electron chi connectivity index (χ0n) is 22.9. The van der Waals surface area contributed by atoms with Gasteiger partial charge in [0.15, 0.2) is 0 Å². The molecule has 35 heavy (non-hydrogen) atoms. The van der Waals surface area contributed by atoms with Gasteiger partial charge in [-0.15, -0.1) is 0 Å². The van der Waals surface area contributed by atoms with Gasteiger partial charge in [-0.1, -0.05) is 147 Å². The van der Waals surface area contributed by atoms with Gasteiger partial charge in [-0.05, 0) is 48.9 Å². The summed E-state index contributed by atoms with van der Waals surface area (Å²) in [6.07, 6.45) is 24.9. The first kappa shape index (κ1) is 31.1. The molecule has 0 bridgehead atoms. The normalized spacial score (nSPS) is 10.7. The maximum atomic E-state index is 9.65. The van der Waals surface area contributed by atoms with Crippen molar-refractivity contribution in [3.05, 3.63) is 59.7 Å². The summed E-state index contributed by atoms with van der Waals surface area (Å²) in [6.45, 7) is 4.52. The average Bonchev–Trinajstić information content (AvgIpc) is 2.87. The van der Waals surface area contributed by atoms with Crippen LogP contribution >= 0.6 is 0 Å². The molecule has 0 amide bonds. The lowest BCUT2D eigenvalue weighted by molar-refractivity contribution is 0.465. The quantitative estimate of drug-likeness (QED) is 0.195. The molecule has 0 radical (unpaired) electrons. The SMILES string of the molecule is CCCCCCCCCCCCc1ccccc1O.CCCCCCCCCc1ccccc1O. The molecule has 0 atom stereocenters. The van der Waals surface area contributed by atoms with Gasteiger partial charge >= 0.3 is 0 Å². The van der Waals surface area contributed by atoms with Crippen molar-refractivity contribution in [2.45, 2.75) is 136 Å². The zero-order chi connectivity index (χ0) is 25.4. The van der Waals surface area contributed by atoms with Gasteiger partial charge in [0.1, 0.15) is 11.5 Å². The van der Waals surface area contributed by atoms with E-state index in [1.54, 1.807) is 12.1 Å². The molecule has 2 heteroatoms. The third kappa shape index (κ3) is 17.2. The van der Waals surface area contributed by atoms with Crippen LogP contribution in [-0.2, 0) is 12.8 Å². The Morgan fingerprint density at radius 3 is 1.00 bits per heavy atom. The van der Waals surface area contributed by atoms with Gasteiger partial charge in [0.25, 0.3) is 0 Å². The number of aryl methyl sites for hydroxylation is 2. The molecule has 2 N–H and O–H groups in total. The van der Waals surface area contributed by atoms with E-state index in [0.29, 0.717) is 11.5 Å². The first-order chi connectivity index (χ1) is 17.2. The highest BCUT2D eigenvalue weighted by molar-refractivity contribution is 5.32. The molecule has 0 saturated carbocycles. The summed E-state index contributed by atoms with van der Waals surface area (Å²) >= 11 is 0. The fraction of sp³-hybridized carbons (Fsp3) is 0.636. The van der Waals surface area contributed by atoms with E-state index >= 15 is 0 Å². The Morgan fingerprint density at radius 2 is 0.686 bits per heavy atom. The van der Waals surface area contributed by atoms with E-state index in [4.69, 9.17) is 0 Å². The van der Waals surface area contributed by atoms with E-state index < -0.39 is 0 Å². The molecule has 198 valence electrons. The van der Waals surface area contributed by atoms with Crippen LogP contribution in [0, 0.1) is 0 Å². The van der Waals surface area contributed by atoms with Crippen molar-refractivity contribution in [2.75, 3.05) is 0 Å². The minimum Gasteiger partial charge on any atom is -0.508 e. The number of benzene rings is 2. The molecule has 0 unspecified atom stereocenters. The molecule has 2 nitrogen and oxygen atoms in total. The van der Waals surface area contributed by atoms with Crippen molar-refractivity contribution in [3.63, 3.8) is 0 Å². The molecule has 0 saturated heterocycles. The van der Waals surface area contributed by atoms with Gasteiger partial charge in [0.05, 0.1) is 0 Å². The first-order valence-electron chi connectivity index (χ1n) is 14.7. The summed E-state index contributed by atoms with van der Waals surface area (Å²) in [6, 6.07) is 15.4. The monoisotopic (exact) mass is 482 g/mol. The Kier molecular flexibility index (Phi) is 20.0. The van der Waals surface area contributed by atoms with Gasteiger partial charge < -0.3 is 10.2 Å². The number of para-hydroxylation sites is 2. The van der Waals surface area contributed by atoms with Crippen LogP contribution in [0.15, 0.2) is 48.5 Å². The summed E-state index contributed by atoms with van der Waals surface area (Å²) in [5.41, 5.74) is 2.19. The average molecular weight is 483 g/mol. The van der Waals surface area contributed by atoms with E-state index in [0.717, 1.165) is 24.0 Å². The van der Waals surface area contributed by atoms with Crippen molar-refractivity contribution in [3.8, 4) is 11.5 Å². The predicted octanol–water partition coefficient (Wildman–Crippen LogP) is 10.5. The Bertz CT molecular complexity index is 725. The topological polar surface area (TPSA) is 40.5 Å². The second-order valence-corrected chi connectivity index (χ2v) is 10.1. The molecular formula is C33H54O2. The molecule has 0 aliphatic rings. The summed E-state index contributed by atoms with van der Waals surface area (Å²) in [4.78, 5) is 0. The number of unbranched alkanes of at least 4 members (excludes halogenated alkanes) is 15. The molecule has 2 aromatic carbocycles. The fourth-order valence-electron chi connectivity index (χ4n) is 4.52. The Balaban J connectivity index is 0.000000355. The molecule has 0 aliphatic carbocycles. The molecule has 2 rings (SSSR count). The second kappa shape index (κ2) is 22.5. The van der Waals surface area contributed by atoms with Crippen LogP contribution in [0.4, 0.5) is 0 Å². The molecule has 0 aliphatic heterocycles. The minimum absolute atomic E-state index is 0.452. The van der Waals surface area contributed by atoms with Crippen molar-refractivity contribution in [1.82, 2.24) is 0 Å². The third-order valence-corrected chi connectivity index (χ3v) is 6.83. The van der Waals surface area contributed by atoms with Crippen LogP contribution in [0.2, 0.25) is 0 Å². The highest BCUT2D eigenvalue weighted by Gasteiger charge is 2.00. The molecule has 0 aromatic heterocycles. The molecule has 2 aromatic rings. The zero-order valence-corrected chi connectivity index (χ0v) is 22.9. The highest BCUT2D eigenvalue weighted by atomic mass is 16.3. The maximum Gasteiger partial charge on any atom is 0.118 e. The van der Waals surface area contributed by atoms with Gasteiger partial charge in [0.2, 0.25) is 0 Å². The second-order valence-electron chi connectivity index (χ2n) is 10.1. The van der Waals surface area contributed by atoms with E-state index in [-0.39, 0.29) is 0 Å².